The molecule has 1 heterocycles. The van der Waals surface area contributed by atoms with E-state index in [-0.39, 0.29) is 16.8 Å². The van der Waals surface area contributed by atoms with Crippen LogP contribution in [0.2, 0.25) is 0 Å². The zero-order chi connectivity index (χ0) is 20.6. The van der Waals surface area contributed by atoms with Crippen LogP contribution in [0.5, 0.6) is 0 Å². The van der Waals surface area contributed by atoms with Crippen LogP contribution in [0.4, 0.5) is 11.4 Å². The molecule has 0 radical (unpaired) electrons. The number of anilines is 2. The van der Waals surface area contributed by atoms with Gasteiger partial charge < -0.3 is 5.32 Å². The number of nitrogens with one attached hydrogen (secondary N) is 1. The van der Waals surface area contributed by atoms with E-state index in [1.165, 1.54) is 4.31 Å². The molecule has 148 valence electrons. The van der Waals surface area contributed by atoms with E-state index in [1.54, 1.807) is 48.5 Å². The van der Waals surface area contributed by atoms with Gasteiger partial charge in [0.2, 0.25) is 0 Å². The summed E-state index contributed by atoms with van der Waals surface area (Å²) in [5, 5.41) is 2.90. The second-order valence-electron chi connectivity index (χ2n) is 7.33. The summed E-state index contributed by atoms with van der Waals surface area (Å²) in [6, 6.07) is 21.0. The van der Waals surface area contributed by atoms with Gasteiger partial charge in [0.1, 0.15) is 0 Å². The molecule has 1 atom stereocenters. The summed E-state index contributed by atoms with van der Waals surface area (Å²) >= 11 is 0. The summed E-state index contributed by atoms with van der Waals surface area (Å²) in [7, 11) is -3.65. The number of benzene rings is 3. The molecule has 0 aromatic heterocycles. The summed E-state index contributed by atoms with van der Waals surface area (Å²) < 4.78 is 27.8. The van der Waals surface area contributed by atoms with E-state index in [2.05, 4.69) is 5.32 Å². The molecule has 4 rings (SSSR count). The van der Waals surface area contributed by atoms with E-state index >= 15 is 0 Å². The SMILES string of the molecule is Cc1cccc(NC(=O)c2ccc3c(c2)C[C@H](C)N3S(=O)(=O)c2ccccc2)c1. The van der Waals surface area contributed by atoms with Crippen LogP contribution in [0, 0.1) is 6.92 Å². The molecule has 0 saturated heterocycles. The Hall–Kier alpha value is -3.12. The van der Waals surface area contributed by atoms with Gasteiger partial charge in [0, 0.05) is 17.3 Å². The average molecular weight is 407 g/mol. The van der Waals surface area contributed by atoms with Crippen LogP contribution in [0.15, 0.2) is 77.7 Å². The summed E-state index contributed by atoms with van der Waals surface area (Å²) in [6.07, 6.45) is 0.562. The van der Waals surface area contributed by atoms with Crippen LogP contribution in [-0.2, 0) is 16.4 Å². The summed E-state index contributed by atoms with van der Waals surface area (Å²) in [4.78, 5) is 12.9. The highest BCUT2D eigenvalue weighted by atomic mass is 32.2. The Morgan fingerprint density at radius 2 is 1.76 bits per heavy atom. The Morgan fingerprint density at radius 3 is 2.48 bits per heavy atom. The number of amides is 1. The van der Waals surface area contributed by atoms with Crippen molar-refractivity contribution in [1.29, 1.82) is 0 Å². The third-order valence-corrected chi connectivity index (χ3v) is 7.01. The van der Waals surface area contributed by atoms with Crippen molar-refractivity contribution in [1.82, 2.24) is 0 Å². The molecule has 6 heteroatoms. The van der Waals surface area contributed by atoms with Crippen molar-refractivity contribution in [3.63, 3.8) is 0 Å². The zero-order valence-corrected chi connectivity index (χ0v) is 17.1. The lowest BCUT2D eigenvalue weighted by Gasteiger charge is -2.24. The highest BCUT2D eigenvalue weighted by Gasteiger charge is 2.36. The maximum absolute atomic E-state index is 13.1. The van der Waals surface area contributed by atoms with Gasteiger partial charge in [0.25, 0.3) is 15.9 Å². The van der Waals surface area contributed by atoms with E-state index in [4.69, 9.17) is 0 Å². The predicted octanol–water partition coefficient (Wildman–Crippen LogP) is 4.39. The zero-order valence-electron chi connectivity index (χ0n) is 16.3. The Bertz CT molecular complexity index is 1170. The van der Waals surface area contributed by atoms with Gasteiger partial charge >= 0.3 is 0 Å². The quantitative estimate of drug-likeness (QED) is 0.699. The standard InChI is InChI=1S/C23H22N2O3S/c1-16-7-6-8-20(13-16)24-23(26)18-11-12-22-19(15-18)14-17(2)25(22)29(27,28)21-9-4-3-5-10-21/h3-13,15,17H,14H2,1-2H3,(H,24,26)/t17-/m0/s1. The number of carbonyl (C=O) groups is 1. The number of fused-ring (bicyclic) bond motifs is 1. The largest absolute Gasteiger partial charge is 0.322 e. The molecule has 3 aromatic rings. The lowest BCUT2D eigenvalue weighted by molar-refractivity contribution is 0.102. The first kappa shape index (κ1) is 19.2. The maximum Gasteiger partial charge on any atom is 0.264 e. The molecule has 5 nitrogen and oxygen atoms in total. The van der Waals surface area contributed by atoms with Crippen LogP contribution >= 0.6 is 0 Å². The maximum atomic E-state index is 13.1. The molecule has 0 bridgehead atoms. The normalized spacial score (nSPS) is 15.8. The van der Waals surface area contributed by atoms with Gasteiger partial charge in [-0.1, -0.05) is 30.3 Å². The molecule has 1 N–H and O–H groups in total. The second-order valence-corrected chi connectivity index (χ2v) is 9.15. The van der Waals surface area contributed by atoms with Crippen molar-refractivity contribution in [2.24, 2.45) is 0 Å². The fraction of sp³-hybridized carbons (Fsp3) is 0.174. The van der Waals surface area contributed by atoms with Gasteiger partial charge in [-0.25, -0.2) is 8.42 Å². The third kappa shape index (κ3) is 3.63. The molecule has 0 unspecified atom stereocenters. The number of hydrogen-bond donors (Lipinski definition) is 1. The van der Waals surface area contributed by atoms with E-state index in [0.29, 0.717) is 17.7 Å². The number of hydrogen-bond acceptors (Lipinski definition) is 3. The van der Waals surface area contributed by atoms with Crippen LogP contribution < -0.4 is 9.62 Å². The lowest BCUT2D eigenvalue weighted by Crippen LogP contribution is -2.35. The van der Waals surface area contributed by atoms with Gasteiger partial charge in [-0.15, -0.1) is 0 Å². The van der Waals surface area contributed by atoms with Crippen LogP contribution in [-0.4, -0.2) is 20.4 Å². The molecule has 0 saturated carbocycles. The molecule has 0 aliphatic carbocycles. The predicted molar refractivity (Wildman–Crippen MR) is 115 cm³/mol. The summed E-state index contributed by atoms with van der Waals surface area (Å²) in [5.41, 5.74) is 3.79. The molecule has 1 aliphatic heterocycles. The fourth-order valence-electron chi connectivity index (χ4n) is 3.74. The Balaban J connectivity index is 1.63. The minimum Gasteiger partial charge on any atom is -0.322 e. The van der Waals surface area contributed by atoms with Crippen molar-refractivity contribution in [2.45, 2.75) is 31.2 Å². The molecular formula is C23H22N2O3S. The van der Waals surface area contributed by atoms with E-state index in [0.717, 1.165) is 16.8 Å². The van der Waals surface area contributed by atoms with Crippen molar-refractivity contribution in [2.75, 3.05) is 9.62 Å². The minimum absolute atomic E-state index is 0.213. The third-order valence-electron chi connectivity index (χ3n) is 5.07. The smallest absolute Gasteiger partial charge is 0.264 e. The van der Waals surface area contributed by atoms with Gasteiger partial charge in [-0.3, -0.25) is 9.10 Å². The number of aryl methyl sites for hydroxylation is 1. The number of carbonyl (C=O) groups excluding carboxylic acids is 1. The molecule has 3 aromatic carbocycles. The first-order valence-corrected chi connectivity index (χ1v) is 10.9. The highest BCUT2D eigenvalue weighted by molar-refractivity contribution is 7.92. The van der Waals surface area contributed by atoms with Crippen molar-refractivity contribution < 1.29 is 13.2 Å². The van der Waals surface area contributed by atoms with Crippen LogP contribution in [0.1, 0.15) is 28.4 Å². The topological polar surface area (TPSA) is 66.5 Å². The van der Waals surface area contributed by atoms with Crippen LogP contribution in [0.25, 0.3) is 0 Å². The first-order chi connectivity index (χ1) is 13.9. The highest BCUT2D eigenvalue weighted by Crippen LogP contribution is 2.37. The summed E-state index contributed by atoms with van der Waals surface area (Å²) in [6.45, 7) is 3.85. The molecule has 0 spiro atoms. The van der Waals surface area contributed by atoms with E-state index in [9.17, 15) is 13.2 Å². The fourth-order valence-corrected chi connectivity index (χ4v) is 5.46. The second kappa shape index (κ2) is 7.37. The van der Waals surface area contributed by atoms with Gasteiger partial charge in [-0.05, 0) is 73.9 Å². The molecular weight excluding hydrogens is 384 g/mol. The van der Waals surface area contributed by atoms with Crippen molar-refractivity contribution in [3.05, 3.63) is 89.5 Å². The van der Waals surface area contributed by atoms with Crippen molar-refractivity contribution in [3.8, 4) is 0 Å². The van der Waals surface area contributed by atoms with E-state index < -0.39 is 10.0 Å². The van der Waals surface area contributed by atoms with Gasteiger partial charge in [0.05, 0.1) is 10.6 Å². The average Bonchev–Trinajstić information content (AvgIpc) is 3.04. The Morgan fingerprint density at radius 1 is 1.00 bits per heavy atom. The number of rotatable bonds is 4. The first-order valence-electron chi connectivity index (χ1n) is 9.47. The molecule has 29 heavy (non-hydrogen) atoms. The van der Waals surface area contributed by atoms with Gasteiger partial charge in [-0.2, -0.15) is 0 Å². The molecule has 0 fully saturated rings. The van der Waals surface area contributed by atoms with Crippen molar-refractivity contribution >= 4 is 27.3 Å². The van der Waals surface area contributed by atoms with E-state index in [1.807, 2.05) is 38.1 Å². The molecule has 1 amide bonds. The van der Waals surface area contributed by atoms with Gasteiger partial charge in [0.15, 0.2) is 0 Å². The minimum atomic E-state index is -3.65. The monoisotopic (exact) mass is 406 g/mol. The lowest BCUT2D eigenvalue weighted by atomic mass is 10.1. The Kier molecular flexibility index (Phi) is 4.88. The number of nitrogens with zero attached hydrogens (tertiary/aromatic N) is 1. The molecule has 1 aliphatic rings. The van der Waals surface area contributed by atoms with Crippen LogP contribution in [0.3, 0.4) is 0 Å². The Labute approximate surface area is 171 Å². The number of sulfonamides is 1. The summed E-state index contributed by atoms with van der Waals surface area (Å²) in [5.74, 6) is -0.213.